The molecule has 0 bridgehead atoms. The standard InChI is InChI=1S/C21H26N2O3/c1-5-16-10-12-17(13-11-16)26-15(4)21(25)23-19-9-7-8-18(14(19)3)22-20(24)6-2/h7-13,15H,5-6H2,1-4H3,(H,22,24)(H,23,25). The van der Waals surface area contributed by atoms with Crippen LogP contribution in [0.25, 0.3) is 0 Å². The fourth-order valence-electron chi connectivity index (χ4n) is 2.44. The number of ether oxygens (including phenoxy) is 1. The van der Waals surface area contributed by atoms with Crippen molar-refractivity contribution < 1.29 is 14.3 Å². The summed E-state index contributed by atoms with van der Waals surface area (Å²) in [5, 5.41) is 5.70. The first kappa shape index (κ1) is 19.5. The summed E-state index contributed by atoms with van der Waals surface area (Å²) in [5.74, 6) is 0.348. The lowest BCUT2D eigenvalue weighted by atomic mass is 10.1. The predicted molar refractivity (Wildman–Crippen MR) is 105 cm³/mol. The number of rotatable bonds is 7. The van der Waals surface area contributed by atoms with Gasteiger partial charge in [-0.1, -0.05) is 32.0 Å². The van der Waals surface area contributed by atoms with Gasteiger partial charge in [-0.2, -0.15) is 0 Å². The molecule has 2 aromatic carbocycles. The first-order valence-electron chi connectivity index (χ1n) is 8.90. The van der Waals surface area contributed by atoms with E-state index in [-0.39, 0.29) is 11.8 Å². The molecule has 0 aromatic heterocycles. The molecular weight excluding hydrogens is 328 g/mol. The van der Waals surface area contributed by atoms with Crippen molar-refractivity contribution in [3.05, 3.63) is 53.6 Å². The molecule has 0 saturated carbocycles. The van der Waals surface area contributed by atoms with Gasteiger partial charge in [0.25, 0.3) is 5.91 Å². The molecule has 1 unspecified atom stereocenters. The van der Waals surface area contributed by atoms with Gasteiger partial charge in [0.15, 0.2) is 6.10 Å². The van der Waals surface area contributed by atoms with E-state index >= 15 is 0 Å². The van der Waals surface area contributed by atoms with E-state index in [0.29, 0.717) is 23.5 Å². The van der Waals surface area contributed by atoms with Gasteiger partial charge in [0.1, 0.15) is 5.75 Å². The zero-order valence-corrected chi connectivity index (χ0v) is 15.8. The summed E-state index contributed by atoms with van der Waals surface area (Å²) in [6, 6.07) is 13.1. The second-order valence-corrected chi connectivity index (χ2v) is 6.13. The summed E-state index contributed by atoms with van der Waals surface area (Å²) >= 11 is 0. The molecule has 5 nitrogen and oxygen atoms in total. The third kappa shape index (κ3) is 5.09. The van der Waals surface area contributed by atoms with Crippen LogP contribution in [0.5, 0.6) is 5.75 Å². The normalized spacial score (nSPS) is 11.5. The van der Waals surface area contributed by atoms with Crippen molar-refractivity contribution in [3.8, 4) is 5.75 Å². The Hall–Kier alpha value is -2.82. The summed E-state index contributed by atoms with van der Waals surface area (Å²) in [6.07, 6.45) is 0.717. The minimum Gasteiger partial charge on any atom is -0.481 e. The minimum atomic E-state index is -0.643. The van der Waals surface area contributed by atoms with Crippen LogP contribution in [0.3, 0.4) is 0 Å². The molecule has 0 fully saturated rings. The molecule has 0 heterocycles. The Kier molecular flexibility index (Phi) is 6.78. The quantitative estimate of drug-likeness (QED) is 0.778. The second kappa shape index (κ2) is 9.04. The number of hydrogen-bond donors (Lipinski definition) is 2. The van der Waals surface area contributed by atoms with Gasteiger partial charge in [0.05, 0.1) is 0 Å². The Bertz CT molecular complexity index is 769. The van der Waals surface area contributed by atoms with E-state index in [0.717, 1.165) is 12.0 Å². The van der Waals surface area contributed by atoms with Crippen molar-refractivity contribution in [2.24, 2.45) is 0 Å². The number of nitrogens with one attached hydrogen (secondary N) is 2. The van der Waals surface area contributed by atoms with Gasteiger partial charge in [-0.15, -0.1) is 0 Å². The van der Waals surface area contributed by atoms with Gasteiger partial charge < -0.3 is 15.4 Å². The molecule has 0 spiro atoms. The van der Waals surface area contributed by atoms with Gasteiger partial charge in [-0.3, -0.25) is 9.59 Å². The average molecular weight is 354 g/mol. The SMILES string of the molecule is CCC(=O)Nc1cccc(NC(=O)C(C)Oc2ccc(CC)cc2)c1C. The number of amides is 2. The van der Waals surface area contributed by atoms with Crippen LogP contribution >= 0.6 is 0 Å². The van der Waals surface area contributed by atoms with Crippen molar-refractivity contribution in [3.63, 3.8) is 0 Å². The second-order valence-electron chi connectivity index (χ2n) is 6.13. The number of hydrogen-bond acceptors (Lipinski definition) is 3. The van der Waals surface area contributed by atoms with Crippen LogP contribution in [0.15, 0.2) is 42.5 Å². The summed E-state index contributed by atoms with van der Waals surface area (Å²) in [6.45, 7) is 7.45. The van der Waals surface area contributed by atoms with Crippen LogP contribution in [0.2, 0.25) is 0 Å². The van der Waals surface area contributed by atoms with E-state index in [1.807, 2.05) is 37.3 Å². The van der Waals surface area contributed by atoms with E-state index < -0.39 is 6.10 Å². The predicted octanol–water partition coefficient (Wildman–Crippen LogP) is 4.31. The smallest absolute Gasteiger partial charge is 0.265 e. The van der Waals surface area contributed by atoms with Crippen LogP contribution in [0.1, 0.15) is 38.3 Å². The molecule has 0 aliphatic rings. The maximum absolute atomic E-state index is 12.5. The van der Waals surface area contributed by atoms with Crippen molar-refractivity contribution in [2.75, 3.05) is 10.6 Å². The Labute approximate surface area is 154 Å². The number of anilines is 2. The maximum atomic E-state index is 12.5. The molecule has 26 heavy (non-hydrogen) atoms. The molecule has 0 saturated heterocycles. The summed E-state index contributed by atoms with van der Waals surface area (Å²) < 4.78 is 5.72. The highest BCUT2D eigenvalue weighted by atomic mass is 16.5. The molecule has 2 aromatic rings. The largest absolute Gasteiger partial charge is 0.481 e. The molecule has 1 atom stereocenters. The Morgan fingerprint density at radius 3 is 2.19 bits per heavy atom. The highest BCUT2D eigenvalue weighted by Gasteiger charge is 2.16. The van der Waals surface area contributed by atoms with E-state index in [9.17, 15) is 9.59 Å². The molecule has 0 radical (unpaired) electrons. The average Bonchev–Trinajstić information content (AvgIpc) is 2.65. The lowest BCUT2D eigenvalue weighted by Crippen LogP contribution is -2.30. The topological polar surface area (TPSA) is 67.4 Å². The third-order valence-corrected chi connectivity index (χ3v) is 4.20. The fraction of sp³-hybridized carbons (Fsp3) is 0.333. The highest BCUT2D eigenvalue weighted by Crippen LogP contribution is 2.24. The molecule has 0 aliphatic carbocycles. The van der Waals surface area contributed by atoms with Gasteiger partial charge in [-0.25, -0.2) is 0 Å². The van der Waals surface area contributed by atoms with Crippen LogP contribution < -0.4 is 15.4 Å². The molecule has 0 aliphatic heterocycles. The fourth-order valence-corrected chi connectivity index (χ4v) is 2.44. The van der Waals surface area contributed by atoms with E-state index in [2.05, 4.69) is 17.6 Å². The van der Waals surface area contributed by atoms with E-state index in [1.165, 1.54) is 5.56 Å². The van der Waals surface area contributed by atoms with Gasteiger partial charge in [-0.05, 0) is 55.7 Å². The van der Waals surface area contributed by atoms with Crippen LogP contribution in [-0.4, -0.2) is 17.9 Å². The highest BCUT2D eigenvalue weighted by molar-refractivity contribution is 5.97. The Morgan fingerprint density at radius 2 is 1.62 bits per heavy atom. The number of benzene rings is 2. The monoisotopic (exact) mass is 354 g/mol. The molecule has 138 valence electrons. The summed E-state index contributed by atoms with van der Waals surface area (Å²) in [7, 11) is 0. The van der Waals surface area contributed by atoms with E-state index in [1.54, 1.807) is 26.0 Å². The molecule has 2 N–H and O–H groups in total. The van der Waals surface area contributed by atoms with Crippen LogP contribution in [-0.2, 0) is 16.0 Å². The van der Waals surface area contributed by atoms with Crippen molar-refractivity contribution in [1.82, 2.24) is 0 Å². The maximum Gasteiger partial charge on any atom is 0.265 e. The molecule has 5 heteroatoms. The first-order chi connectivity index (χ1) is 12.4. The first-order valence-corrected chi connectivity index (χ1v) is 8.90. The Morgan fingerprint density at radius 1 is 1.00 bits per heavy atom. The van der Waals surface area contributed by atoms with Crippen LogP contribution in [0.4, 0.5) is 11.4 Å². The number of carbonyl (C=O) groups is 2. The zero-order valence-electron chi connectivity index (χ0n) is 15.8. The van der Waals surface area contributed by atoms with Crippen LogP contribution in [0, 0.1) is 6.92 Å². The summed E-state index contributed by atoms with van der Waals surface area (Å²) in [4.78, 5) is 24.1. The molecular formula is C21H26N2O3. The third-order valence-electron chi connectivity index (χ3n) is 4.20. The van der Waals surface area contributed by atoms with E-state index in [4.69, 9.17) is 4.74 Å². The summed E-state index contributed by atoms with van der Waals surface area (Å²) in [5.41, 5.74) is 3.37. The van der Waals surface area contributed by atoms with Gasteiger partial charge >= 0.3 is 0 Å². The van der Waals surface area contributed by atoms with Gasteiger partial charge in [0, 0.05) is 17.8 Å². The molecule has 2 rings (SSSR count). The molecule has 2 amide bonds. The lowest BCUT2D eigenvalue weighted by molar-refractivity contribution is -0.122. The Balaban J connectivity index is 2.03. The minimum absolute atomic E-state index is 0.0659. The lowest BCUT2D eigenvalue weighted by Gasteiger charge is -2.17. The number of carbonyl (C=O) groups excluding carboxylic acids is 2. The van der Waals surface area contributed by atoms with Crippen molar-refractivity contribution in [2.45, 2.75) is 46.6 Å². The number of aryl methyl sites for hydroxylation is 1. The van der Waals surface area contributed by atoms with Gasteiger partial charge in [0.2, 0.25) is 5.91 Å². The zero-order chi connectivity index (χ0) is 19.1. The van der Waals surface area contributed by atoms with Crippen molar-refractivity contribution >= 4 is 23.2 Å². The van der Waals surface area contributed by atoms with Crippen molar-refractivity contribution in [1.29, 1.82) is 0 Å².